The number of aryl methyl sites for hydroxylation is 3. The maximum atomic E-state index is 12.0. The summed E-state index contributed by atoms with van der Waals surface area (Å²) >= 11 is 0. The Bertz CT molecular complexity index is 692. The van der Waals surface area contributed by atoms with Crippen molar-refractivity contribution < 1.29 is 9.53 Å². The Balaban J connectivity index is 1.79. The summed E-state index contributed by atoms with van der Waals surface area (Å²) in [5.41, 5.74) is 5.49. The second-order valence-corrected chi connectivity index (χ2v) is 6.02. The van der Waals surface area contributed by atoms with Crippen LogP contribution in [0.15, 0.2) is 36.4 Å². The molecular weight excluding hydrogens is 286 g/mol. The van der Waals surface area contributed by atoms with E-state index in [0.29, 0.717) is 19.4 Å². The van der Waals surface area contributed by atoms with E-state index in [-0.39, 0.29) is 5.91 Å². The number of amides is 1. The summed E-state index contributed by atoms with van der Waals surface area (Å²) in [6.07, 6.45) is 1.16. The zero-order chi connectivity index (χ0) is 16.8. The number of benzene rings is 2. The van der Waals surface area contributed by atoms with Crippen LogP contribution in [0.1, 0.15) is 35.1 Å². The fourth-order valence-electron chi connectivity index (χ4n) is 2.38. The van der Waals surface area contributed by atoms with Crippen molar-refractivity contribution >= 4 is 11.6 Å². The Hall–Kier alpha value is -2.29. The third-order valence-corrected chi connectivity index (χ3v) is 4.03. The Kier molecular flexibility index (Phi) is 5.80. The summed E-state index contributed by atoms with van der Waals surface area (Å²) in [5, 5.41) is 2.98. The van der Waals surface area contributed by atoms with E-state index >= 15 is 0 Å². The number of hydrogen-bond acceptors (Lipinski definition) is 2. The van der Waals surface area contributed by atoms with Crippen LogP contribution in [0.25, 0.3) is 0 Å². The predicted molar refractivity (Wildman–Crippen MR) is 95.2 cm³/mol. The first-order valence-corrected chi connectivity index (χ1v) is 8.03. The van der Waals surface area contributed by atoms with Crippen LogP contribution in [-0.2, 0) is 4.79 Å². The molecule has 1 N–H and O–H groups in total. The van der Waals surface area contributed by atoms with E-state index in [1.165, 1.54) is 5.56 Å². The Morgan fingerprint density at radius 2 is 1.83 bits per heavy atom. The van der Waals surface area contributed by atoms with Crippen molar-refractivity contribution in [3.63, 3.8) is 0 Å². The van der Waals surface area contributed by atoms with E-state index < -0.39 is 0 Å². The number of hydrogen-bond donors (Lipinski definition) is 1. The molecule has 0 aromatic heterocycles. The van der Waals surface area contributed by atoms with Gasteiger partial charge in [-0.25, -0.2) is 0 Å². The van der Waals surface area contributed by atoms with Gasteiger partial charge in [-0.05, 0) is 68.5 Å². The van der Waals surface area contributed by atoms with Crippen LogP contribution < -0.4 is 10.1 Å². The van der Waals surface area contributed by atoms with Crippen molar-refractivity contribution in [3.05, 3.63) is 58.7 Å². The largest absolute Gasteiger partial charge is 0.493 e. The van der Waals surface area contributed by atoms with Crippen molar-refractivity contribution in [2.45, 2.75) is 40.5 Å². The van der Waals surface area contributed by atoms with Crippen molar-refractivity contribution in [3.8, 4) is 5.75 Å². The molecule has 2 rings (SSSR count). The maximum Gasteiger partial charge on any atom is 0.224 e. The molecule has 2 aromatic carbocycles. The molecular formula is C20H25NO2. The van der Waals surface area contributed by atoms with Crippen molar-refractivity contribution in [2.75, 3.05) is 11.9 Å². The molecule has 0 atom stereocenters. The van der Waals surface area contributed by atoms with Gasteiger partial charge in [-0.15, -0.1) is 0 Å². The average molecular weight is 311 g/mol. The zero-order valence-electron chi connectivity index (χ0n) is 14.4. The van der Waals surface area contributed by atoms with Crippen molar-refractivity contribution in [1.82, 2.24) is 0 Å². The van der Waals surface area contributed by atoms with E-state index in [1.54, 1.807) is 0 Å². The van der Waals surface area contributed by atoms with E-state index in [2.05, 4.69) is 25.2 Å². The molecule has 122 valence electrons. The number of carbonyl (C=O) groups excluding carboxylic acids is 1. The van der Waals surface area contributed by atoms with Gasteiger partial charge in [-0.2, -0.15) is 0 Å². The van der Waals surface area contributed by atoms with E-state index in [4.69, 9.17) is 4.74 Å². The molecule has 23 heavy (non-hydrogen) atoms. The molecule has 0 aliphatic heterocycles. The first kappa shape index (κ1) is 17.1. The molecule has 0 fully saturated rings. The lowest BCUT2D eigenvalue weighted by atomic mass is 10.1. The van der Waals surface area contributed by atoms with Gasteiger partial charge in [0.15, 0.2) is 0 Å². The lowest BCUT2D eigenvalue weighted by Gasteiger charge is -2.11. The van der Waals surface area contributed by atoms with E-state index in [1.807, 2.05) is 44.2 Å². The van der Waals surface area contributed by atoms with Crippen LogP contribution in [0.4, 0.5) is 5.69 Å². The van der Waals surface area contributed by atoms with E-state index in [0.717, 1.165) is 28.1 Å². The summed E-state index contributed by atoms with van der Waals surface area (Å²) in [6, 6.07) is 12.1. The normalized spacial score (nSPS) is 10.4. The molecule has 0 saturated heterocycles. The summed E-state index contributed by atoms with van der Waals surface area (Å²) in [6.45, 7) is 8.69. The third-order valence-electron chi connectivity index (χ3n) is 4.03. The minimum atomic E-state index is 0.0308. The summed E-state index contributed by atoms with van der Waals surface area (Å²) < 4.78 is 5.78. The second-order valence-electron chi connectivity index (χ2n) is 6.02. The molecule has 3 nitrogen and oxygen atoms in total. The number of anilines is 1. The fourth-order valence-corrected chi connectivity index (χ4v) is 2.38. The van der Waals surface area contributed by atoms with Gasteiger partial charge < -0.3 is 10.1 Å². The second kappa shape index (κ2) is 7.82. The number of rotatable bonds is 6. The van der Waals surface area contributed by atoms with E-state index in [9.17, 15) is 4.79 Å². The van der Waals surface area contributed by atoms with Gasteiger partial charge in [0.05, 0.1) is 6.61 Å². The SMILES string of the molecule is Cc1ccc(C)c(NC(=O)CCCOc2cccc(C)c2C)c1. The molecule has 1 amide bonds. The molecule has 0 radical (unpaired) electrons. The van der Waals surface area contributed by atoms with Gasteiger partial charge in [0.25, 0.3) is 0 Å². The van der Waals surface area contributed by atoms with Gasteiger partial charge in [0.2, 0.25) is 5.91 Å². The summed E-state index contributed by atoms with van der Waals surface area (Å²) in [5.74, 6) is 0.934. The van der Waals surface area contributed by atoms with Crippen LogP contribution in [0.2, 0.25) is 0 Å². The first-order chi connectivity index (χ1) is 11.0. The van der Waals surface area contributed by atoms with Gasteiger partial charge in [0.1, 0.15) is 5.75 Å². The first-order valence-electron chi connectivity index (χ1n) is 8.03. The predicted octanol–water partition coefficient (Wildman–Crippen LogP) is 4.72. The van der Waals surface area contributed by atoms with Crippen LogP contribution in [0.3, 0.4) is 0 Å². The zero-order valence-corrected chi connectivity index (χ0v) is 14.4. The highest BCUT2D eigenvalue weighted by molar-refractivity contribution is 5.91. The minimum absolute atomic E-state index is 0.0308. The number of ether oxygens (including phenoxy) is 1. The van der Waals surface area contributed by atoms with Crippen LogP contribution in [0, 0.1) is 27.7 Å². The molecule has 2 aromatic rings. The van der Waals surface area contributed by atoms with Gasteiger partial charge in [-0.3, -0.25) is 4.79 Å². The van der Waals surface area contributed by atoms with Crippen LogP contribution in [-0.4, -0.2) is 12.5 Å². The Labute approximate surface area is 138 Å². The molecule has 0 spiro atoms. The average Bonchev–Trinajstić information content (AvgIpc) is 2.51. The molecule has 0 saturated carbocycles. The number of nitrogens with one attached hydrogen (secondary N) is 1. The fraction of sp³-hybridized carbons (Fsp3) is 0.350. The monoisotopic (exact) mass is 311 g/mol. The van der Waals surface area contributed by atoms with Gasteiger partial charge in [0, 0.05) is 12.1 Å². The maximum absolute atomic E-state index is 12.0. The number of carbonyl (C=O) groups is 1. The van der Waals surface area contributed by atoms with Crippen molar-refractivity contribution in [2.24, 2.45) is 0 Å². The molecule has 0 unspecified atom stereocenters. The minimum Gasteiger partial charge on any atom is -0.493 e. The summed E-state index contributed by atoms with van der Waals surface area (Å²) in [4.78, 5) is 12.0. The highest BCUT2D eigenvalue weighted by Gasteiger charge is 2.06. The smallest absolute Gasteiger partial charge is 0.224 e. The lowest BCUT2D eigenvalue weighted by Crippen LogP contribution is -2.13. The topological polar surface area (TPSA) is 38.3 Å². The Morgan fingerprint density at radius 1 is 1.04 bits per heavy atom. The summed E-state index contributed by atoms with van der Waals surface area (Å²) in [7, 11) is 0. The highest BCUT2D eigenvalue weighted by Crippen LogP contribution is 2.21. The Morgan fingerprint density at radius 3 is 2.61 bits per heavy atom. The lowest BCUT2D eigenvalue weighted by molar-refractivity contribution is -0.116. The quantitative estimate of drug-likeness (QED) is 0.784. The molecule has 0 aliphatic carbocycles. The molecule has 3 heteroatoms. The highest BCUT2D eigenvalue weighted by atomic mass is 16.5. The van der Waals surface area contributed by atoms with Gasteiger partial charge >= 0.3 is 0 Å². The standard InChI is InChI=1S/C20H25NO2/c1-14-10-11-16(3)18(13-14)21-20(22)9-6-12-23-19-8-5-7-15(2)17(19)4/h5,7-8,10-11,13H,6,9,12H2,1-4H3,(H,21,22). The van der Waals surface area contributed by atoms with Crippen LogP contribution in [0.5, 0.6) is 5.75 Å². The van der Waals surface area contributed by atoms with Crippen LogP contribution >= 0.6 is 0 Å². The van der Waals surface area contributed by atoms with Crippen molar-refractivity contribution in [1.29, 1.82) is 0 Å². The molecule has 0 bridgehead atoms. The van der Waals surface area contributed by atoms with Gasteiger partial charge in [-0.1, -0.05) is 24.3 Å². The third kappa shape index (κ3) is 4.85. The molecule has 0 aliphatic rings. The molecule has 0 heterocycles.